The molecule has 0 aromatic carbocycles. The van der Waals surface area contributed by atoms with Gasteiger partial charge in [0.15, 0.2) is 5.96 Å². The van der Waals surface area contributed by atoms with E-state index >= 15 is 0 Å². The molecule has 0 saturated carbocycles. The maximum absolute atomic E-state index is 12.4. The van der Waals surface area contributed by atoms with Crippen molar-refractivity contribution in [2.75, 3.05) is 60.0 Å². The molecule has 0 aromatic rings. The van der Waals surface area contributed by atoms with Crippen LogP contribution in [-0.2, 0) is 9.53 Å². The number of carbonyl (C=O) groups is 1. The van der Waals surface area contributed by atoms with Crippen molar-refractivity contribution in [2.24, 2.45) is 4.99 Å². The third-order valence-corrected chi connectivity index (χ3v) is 5.40. The molecule has 2 aliphatic heterocycles. The summed E-state index contributed by atoms with van der Waals surface area (Å²) in [5, 5.41) is 3.45. The monoisotopic (exact) mass is 353 g/mol. The van der Waals surface area contributed by atoms with Crippen molar-refractivity contribution in [1.82, 2.24) is 20.0 Å². The Morgan fingerprint density at radius 2 is 2.00 bits per heavy atom. The number of amides is 1. The molecule has 0 bridgehead atoms. The quantitative estimate of drug-likeness (QED) is 0.560. The summed E-state index contributed by atoms with van der Waals surface area (Å²) in [7, 11) is 3.98. The van der Waals surface area contributed by atoms with E-state index in [0.717, 1.165) is 71.1 Å². The summed E-state index contributed by atoms with van der Waals surface area (Å²) in [5.74, 6) is 1.09. The summed E-state index contributed by atoms with van der Waals surface area (Å²) in [4.78, 5) is 23.4. The summed E-state index contributed by atoms with van der Waals surface area (Å²) < 4.78 is 5.52. The smallest absolute Gasteiger partial charge is 0.251 e. The van der Waals surface area contributed by atoms with Gasteiger partial charge in [-0.25, -0.2) is 0 Å². The van der Waals surface area contributed by atoms with Crippen molar-refractivity contribution in [2.45, 2.75) is 45.3 Å². The number of piperazine rings is 1. The minimum atomic E-state index is -0.208. The molecule has 2 unspecified atom stereocenters. The van der Waals surface area contributed by atoms with E-state index in [1.807, 2.05) is 11.9 Å². The second-order valence-electron chi connectivity index (χ2n) is 7.03. The molecule has 0 spiro atoms. The molecule has 1 N–H and O–H groups in total. The van der Waals surface area contributed by atoms with Crippen molar-refractivity contribution in [3.8, 4) is 0 Å². The van der Waals surface area contributed by atoms with Crippen LogP contribution in [0.5, 0.6) is 0 Å². The fraction of sp³-hybridized carbons (Fsp3) is 0.889. The van der Waals surface area contributed by atoms with Crippen LogP contribution in [0.25, 0.3) is 0 Å². The number of guanidine groups is 1. The van der Waals surface area contributed by atoms with E-state index in [1.54, 1.807) is 0 Å². The fourth-order valence-corrected chi connectivity index (χ4v) is 3.32. The Labute approximate surface area is 152 Å². The molecule has 0 aromatic heterocycles. The molecular weight excluding hydrogens is 318 g/mol. The summed E-state index contributed by atoms with van der Waals surface area (Å²) in [6.07, 6.45) is 2.82. The van der Waals surface area contributed by atoms with Gasteiger partial charge in [-0.1, -0.05) is 6.92 Å². The highest BCUT2D eigenvalue weighted by Crippen LogP contribution is 2.16. The molecule has 7 heteroatoms. The van der Waals surface area contributed by atoms with Crippen molar-refractivity contribution < 1.29 is 9.53 Å². The highest BCUT2D eigenvalue weighted by atomic mass is 16.5. The molecule has 7 nitrogen and oxygen atoms in total. The number of carbonyl (C=O) groups excluding carboxylic acids is 1. The van der Waals surface area contributed by atoms with Crippen molar-refractivity contribution >= 4 is 11.9 Å². The first kappa shape index (κ1) is 20.0. The van der Waals surface area contributed by atoms with Gasteiger partial charge in [0, 0.05) is 59.0 Å². The molecule has 2 aliphatic rings. The second kappa shape index (κ2) is 9.97. The maximum atomic E-state index is 12.4. The number of hydrogen-bond acceptors (Lipinski definition) is 4. The number of aliphatic imine (C=N–C) groups is 1. The van der Waals surface area contributed by atoms with Gasteiger partial charge in [-0.05, 0) is 33.2 Å². The summed E-state index contributed by atoms with van der Waals surface area (Å²) in [5.41, 5.74) is 0. The van der Waals surface area contributed by atoms with Crippen molar-refractivity contribution in [3.63, 3.8) is 0 Å². The van der Waals surface area contributed by atoms with Crippen LogP contribution in [0.15, 0.2) is 4.99 Å². The lowest BCUT2D eigenvalue weighted by molar-refractivity contribution is -0.142. The average molecular weight is 354 g/mol. The largest absolute Gasteiger partial charge is 0.368 e. The normalized spacial score (nSPS) is 23.2. The van der Waals surface area contributed by atoms with Crippen LogP contribution >= 0.6 is 0 Å². The van der Waals surface area contributed by atoms with Crippen LogP contribution in [-0.4, -0.2) is 98.7 Å². The molecule has 2 atom stereocenters. The third kappa shape index (κ3) is 5.57. The molecule has 25 heavy (non-hydrogen) atoms. The summed E-state index contributed by atoms with van der Waals surface area (Å²) in [6.45, 7) is 10.2. The van der Waals surface area contributed by atoms with E-state index < -0.39 is 0 Å². The second-order valence-corrected chi connectivity index (χ2v) is 7.03. The Hall–Kier alpha value is -1.34. The fourth-order valence-electron chi connectivity index (χ4n) is 3.32. The van der Waals surface area contributed by atoms with Crippen molar-refractivity contribution in [3.05, 3.63) is 0 Å². The standard InChI is InChI=1S/C18H35N5O2/c1-5-15(2)21(4)9-8-20-18(19-3)23-12-10-22(11-13-23)17(24)16-7-6-14-25-16/h15-16H,5-14H2,1-4H3,(H,19,20). The molecule has 1 amide bonds. The number of rotatable bonds is 6. The first-order chi connectivity index (χ1) is 12.1. The predicted octanol–water partition coefficient (Wildman–Crippen LogP) is 0.615. The van der Waals surface area contributed by atoms with E-state index in [2.05, 4.69) is 41.0 Å². The van der Waals surface area contributed by atoms with Gasteiger partial charge in [0.1, 0.15) is 6.10 Å². The molecule has 0 aliphatic carbocycles. The number of ether oxygens (including phenoxy) is 1. The first-order valence-corrected chi connectivity index (χ1v) is 9.63. The molecule has 2 saturated heterocycles. The average Bonchev–Trinajstić information content (AvgIpc) is 3.18. The number of hydrogen-bond donors (Lipinski definition) is 1. The van der Waals surface area contributed by atoms with Gasteiger partial charge in [-0.15, -0.1) is 0 Å². The Bertz CT molecular complexity index is 443. The molecule has 0 radical (unpaired) electrons. The molecule has 2 rings (SSSR count). The van der Waals surface area contributed by atoms with E-state index in [1.165, 1.54) is 0 Å². The predicted molar refractivity (Wildman–Crippen MR) is 101 cm³/mol. The molecular formula is C18H35N5O2. The van der Waals surface area contributed by atoms with Gasteiger partial charge in [0.2, 0.25) is 0 Å². The van der Waals surface area contributed by atoms with Crippen LogP contribution < -0.4 is 5.32 Å². The van der Waals surface area contributed by atoms with Gasteiger partial charge < -0.3 is 24.8 Å². The number of nitrogens with zero attached hydrogens (tertiary/aromatic N) is 4. The maximum Gasteiger partial charge on any atom is 0.251 e. The van der Waals surface area contributed by atoms with Gasteiger partial charge >= 0.3 is 0 Å². The lowest BCUT2D eigenvalue weighted by atomic mass is 10.2. The Morgan fingerprint density at radius 1 is 1.32 bits per heavy atom. The summed E-state index contributed by atoms with van der Waals surface area (Å²) in [6, 6.07) is 0.594. The highest BCUT2D eigenvalue weighted by molar-refractivity contribution is 5.82. The zero-order chi connectivity index (χ0) is 18.2. The zero-order valence-corrected chi connectivity index (χ0v) is 16.3. The van der Waals surface area contributed by atoms with Crippen LogP contribution in [0.4, 0.5) is 0 Å². The Morgan fingerprint density at radius 3 is 2.56 bits per heavy atom. The topological polar surface area (TPSA) is 60.4 Å². The molecule has 2 fully saturated rings. The number of nitrogens with one attached hydrogen (secondary N) is 1. The zero-order valence-electron chi connectivity index (χ0n) is 16.3. The van der Waals surface area contributed by atoms with Crippen LogP contribution in [0.1, 0.15) is 33.1 Å². The van der Waals surface area contributed by atoms with Gasteiger partial charge in [-0.2, -0.15) is 0 Å². The van der Waals surface area contributed by atoms with Crippen molar-refractivity contribution in [1.29, 1.82) is 0 Å². The SMILES string of the molecule is CCC(C)N(C)CCNC(=NC)N1CCN(C(=O)C2CCCO2)CC1. The van der Waals surface area contributed by atoms with Gasteiger partial charge in [0.25, 0.3) is 5.91 Å². The minimum Gasteiger partial charge on any atom is -0.368 e. The number of likely N-dealkylation sites (N-methyl/N-ethyl adjacent to an activating group) is 1. The Balaban J connectivity index is 1.73. The van der Waals surface area contributed by atoms with Crippen LogP contribution in [0, 0.1) is 0 Å². The van der Waals surface area contributed by atoms with Gasteiger partial charge in [0.05, 0.1) is 0 Å². The molecule has 2 heterocycles. The van der Waals surface area contributed by atoms with Gasteiger partial charge in [-0.3, -0.25) is 9.79 Å². The van der Waals surface area contributed by atoms with Crippen LogP contribution in [0.2, 0.25) is 0 Å². The Kier molecular flexibility index (Phi) is 7.96. The lowest BCUT2D eigenvalue weighted by Crippen LogP contribution is -2.55. The first-order valence-electron chi connectivity index (χ1n) is 9.63. The minimum absolute atomic E-state index is 0.162. The van der Waals surface area contributed by atoms with E-state index in [4.69, 9.17) is 4.74 Å². The third-order valence-electron chi connectivity index (χ3n) is 5.40. The molecule has 144 valence electrons. The highest BCUT2D eigenvalue weighted by Gasteiger charge is 2.30. The lowest BCUT2D eigenvalue weighted by Gasteiger charge is -2.37. The van der Waals surface area contributed by atoms with Crippen LogP contribution in [0.3, 0.4) is 0 Å². The van der Waals surface area contributed by atoms with E-state index in [0.29, 0.717) is 6.04 Å². The van der Waals surface area contributed by atoms with E-state index in [9.17, 15) is 4.79 Å². The summed E-state index contributed by atoms with van der Waals surface area (Å²) >= 11 is 0. The van der Waals surface area contributed by atoms with E-state index in [-0.39, 0.29) is 12.0 Å².